The molecule has 0 saturated heterocycles. The third kappa shape index (κ3) is 4.06. The van der Waals surface area contributed by atoms with Gasteiger partial charge < -0.3 is 4.74 Å². The second-order valence-corrected chi connectivity index (χ2v) is 7.33. The SMILES string of the molecule is COC(=O)C(Br)(CCC1CCCCC1)C(F)(F)SC. The molecule has 0 aromatic rings. The van der Waals surface area contributed by atoms with E-state index < -0.39 is 15.5 Å². The van der Waals surface area contributed by atoms with Gasteiger partial charge in [-0.25, -0.2) is 0 Å². The molecule has 0 heterocycles. The molecule has 0 amide bonds. The number of thioether (sulfide) groups is 1. The van der Waals surface area contributed by atoms with Crippen LogP contribution in [0.3, 0.4) is 0 Å². The predicted octanol–water partition coefficient (Wildman–Crippen LogP) is 4.61. The van der Waals surface area contributed by atoms with Crippen molar-refractivity contribution in [2.75, 3.05) is 13.4 Å². The summed E-state index contributed by atoms with van der Waals surface area (Å²) in [6, 6.07) is 0. The first-order valence-corrected chi connectivity index (χ1v) is 8.59. The number of esters is 1. The minimum absolute atomic E-state index is 0.109. The second-order valence-electron chi connectivity index (χ2n) is 5.06. The van der Waals surface area contributed by atoms with Crippen LogP contribution in [-0.4, -0.2) is 28.9 Å². The van der Waals surface area contributed by atoms with Crippen LogP contribution in [0.2, 0.25) is 0 Å². The van der Waals surface area contributed by atoms with Crippen LogP contribution in [-0.2, 0) is 9.53 Å². The maximum atomic E-state index is 14.0. The number of halogens is 3. The van der Waals surface area contributed by atoms with E-state index in [1.54, 1.807) is 0 Å². The first-order chi connectivity index (χ1) is 8.87. The number of alkyl halides is 3. The molecule has 0 bridgehead atoms. The summed E-state index contributed by atoms with van der Waals surface area (Å²) in [5.74, 6) is -0.435. The van der Waals surface area contributed by atoms with E-state index in [1.165, 1.54) is 12.7 Å². The number of methoxy groups -OCH3 is 1. The van der Waals surface area contributed by atoms with E-state index in [0.29, 0.717) is 24.1 Å². The average molecular weight is 359 g/mol. The predicted molar refractivity (Wildman–Crippen MR) is 77.9 cm³/mol. The van der Waals surface area contributed by atoms with Gasteiger partial charge in [0.25, 0.3) is 0 Å². The Bertz CT molecular complexity index is 309. The number of rotatable bonds is 6. The van der Waals surface area contributed by atoms with Crippen LogP contribution in [0.15, 0.2) is 0 Å². The fourth-order valence-electron chi connectivity index (χ4n) is 2.57. The molecule has 0 N–H and O–H groups in total. The maximum Gasteiger partial charge on any atom is 0.329 e. The third-order valence-corrected chi connectivity index (χ3v) is 6.19. The van der Waals surface area contributed by atoms with Crippen LogP contribution in [0.1, 0.15) is 44.9 Å². The van der Waals surface area contributed by atoms with Crippen LogP contribution in [0, 0.1) is 5.92 Å². The van der Waals surface area contributed by atoms with E-state index in [4.69, 9.17) is 0 Å². The Balaban J connectivity index is 2.71. The van der Waals surface area contributed by atoms with Crippen LogP contribution in [0.4, 0.5) is 8.78 Å². The Hall–Kier alpha value is 0.160. The summed E-state index contributed by atoms with van der Waals surface area (Å²) in [6.07, 6.45) is 7.76. The largest absolute Gasteiger partial charge is 0.468 e. The minimum atomic E-state index is -3.17. The molecule has 1 aliphatic rings. The summed E-state index contributed by atoms with van der Waals surface area (Å²) in [7, 11) is 1.15. The summed E-state index contributed by atoms with van der Waals surface area (Å²) >= 11 is 3.36. The van der Waals surface area contributed by atoms with E-state index in [9.17, 15) is 13.6 Å². The zero-order valence-electron chi connectivity index (χ0n) is 11.4. The number of hydrogen-bond donors (Lipinski definition) is 0. The Morgan fingerprint density at radius 2 is 1.95 bits per heavy atom. The van der Waals surface area contributed by atoms with Crippen LogP contribution in [0.5, 0.6) is 0 Å². The number of hydrogen-bond acceptors (Lipinski definition) is 3. The molecule has 6 heteroatoms. The van der Waals surface area contributed by atoms with Gasteiger partial charge in [-0.2, -0.15) is 8.78 Å². The molecule has 0 aliphatic heterocycles. The minimum Gasteiger partial charge on any atom is -0.468 e. The fourth-order valence-corrected chi connectivity index (χ4v) is 3.95. The lowest BCUT2D eigenvalue weighted by Gasteiger charge is -2.33. The molecule has 0 aromatic carbocycles. The second kappa shape index (κ2) is 7.25. The lowest BCUT2D eigenvalue weighted by Crippen LogP contribution is -2.48. The molecule has 0 aromatic heterocycles. The molecule has 1 unspecified atom stereocenters. The zero-order chi connectivity index (χ0) is 14.5. The highest BCUT2D eigenvalue weighted by atomic mass is 79.9. The van der Waals surface area contributed by atoms with E-state index in [-0.39, 0.29) is 6.42 Å². The zero-order valence-corrected chi connectivity index (χ0v) is 13.8. The van der Waals surface area contributed by atoms with Crippen molar-refractivity contribution in [1.82, 2.24) is 0 Å². The molecule has 0 spiro atoms. The van der Waals surface area contributed by atoms with Crippen LogP contribution in [0.25, 0.3) is 0 Å². The molecule has 19 heavy (non-hydrogen) atoms. The van der Waals surface area contributed by atoms with Crippen molar-refractivity contribution in [2.45, 2.75) is 54.5 Å². The van der Waals surface area contributed by atoms with Crippen molar-refractivity contribution in [3.63, 3.8) is 0 Å². The molecule has 1 aliphatic carbocycles. The number of carbonyl (C=O) groups is 1. The van der Waals surface area contributed by atoms with Crippen molar-refractivity contribution in [1.29, 1.82) is 0 Å². The smallest absolute Gasteiger partial charge is 0.329 e. The Kier molecular flexibility index (Phi) is 6.57. The van der Waals surface area contributed by atoms with Gasteiger partial charge in [0.2, 0.25) is 0 Å². The normalized spacial score (nSPS) is 20.9. The maximum absolute atomic E-state index is 14.0. The lowest BCUT2D eigenvalue weighted by atomic mass is 9.84. The topological polar surface area (TPSA) is 26.3 Å². The summed E-state index contributed by atoms with van der Waals surface area (Å²) in [5.41, 5.74) is 0. The van der Waals surface area contributed by atoms with Gasteiger partial charge in [0, 0.05) is 0 Å². The third-order valence-electron chi connectivity index (χ3n) is 3.85. The highest BCUT2D eigenvalue weighted by Gasteiger charge is 2.58. The monoisotopic (exact) mass is 358 g/mol. The van der Waals surface area contributed by atoms with Gasteiger partial charge in [0.15, 0.2) is 4.32 Å². The highest BCUT2D eigenvalue weighted by molar-refractivity contribution is 9.10. The summed E-state index contributed by atoms with van der Waals surface area (Å²) < 4.78 is 30.7. The quantitative estimate of drug-likeness (QED) is 0.512. The summed E-state index contributed by atoms with van der Waals surface area (Å²) in [6.45, 7) is 0. The van der Waals surface area contributed by atoms with Crippen LogP contribution >= 0.6 is 27.7 Å². The molecule has 1 saturated carbocycles. The van der Waals surface area contributed by atoms with Crippen molar-refractivity contribution >= 4 is 33.7 Å². The van der Waals surface area contributed by atoms with E-state index in [0.717, 1.165) is 32.8 Å². The number of ether oxygens (including phenoxy) is 1. The lowest BCUT2D eigenvalue weighted by molar-refractivity contribution is -0.149. The van der Waals surface area contributed by atoms with Gasteiger partial charge in [0.05, 0.1) is 7.11 Å². The van der Waals surface area contributed by atoms with Crippen molar-refractivity contribution < 1.29 is 18.3 Å². The molecule has 2 nitrogen and oxygen atoms in total. The van der Waals surface area contributed by atoms with Crippen molar-refractivity contribution in [2.24, 2.45) is 5.92 Å². The first-order valence-electron chi connectivity index (χ1n) is 6.57. The van der Waals surface area contributed by atoms with Gasteiger partial charge in [-0.15, -0.1) is 0 Å². The van der Waals surface area contributed by atoms with Crippen molar-refractivity contribution in [3.05, 3.63) is 0 Å². The molecule has 0 radical (unpaired) electrons. The van der Waals surface area contributed by atoms with Gasteiger partial charge in [-0.1, -0.05) is 59.8 Å². The fraction of sp³-hybridized carbons (Fsp3) is 0.923. The molecule has 1 fully saturated rings. The van der Waals surface area contributed by atoms with Crippen LogP contribution < -0.4 is 0 Å². The molecular formula is C13H21BrF2O2S. The van der Waals surface area contributed by atoms with E-state index >= 15 is 0 Å². The first kappa shape index (κ1) is 17.2. The Labute approximate surface area is 126 Å². The average Bonchev–Trinajstić information content (AvgIpc) is 2.44. The highest BCUT2D eigenvalue weighted by Crippen LogP contribution is 2.48. The molecule has 1 atom stereocenters. The van der Waals surface area contributed by atoms with Gasteiger partial charge >= 0.3 is 11.2 Å². The summed E-state index contributed by atoms with van der Waals surface area (Å²) in [5, 5.41) is -3.17. The number of carbonyl (C=O) groups excluding carboxylic acids is 1. The van der Waals surface area contributed by atoms with Gasteiger partial charge in [-0.05, 0) is 25.0 Å². The Morgan fingerprint density at radius 1 is 1.37 bits per heavy atom. The molecule has 1 rings (SSSR count). The van der Waals surface area contributed by atoms with Gasteiger partial charge in [0.1, 0.15) is 0 Å². The Morgan fingerprint density at radius 3 is 2.42 bits per heavy atom. The summed E-state index contributed by atoms with van der Waals surface area (Å²) in [4.78, 5) is 11.7. The van der Waals surface area contributed by atoms with E-state index in [2.05, 4.69) is 20.7 Å². The van der Waals surface area contributed by atoms with Gasteiger partial charge in [-0.3, -0.25) is 4.79 Å². The molecular weight excluding hydrogens is 338 g/mol. The van der Waals surface area contributed by atoms with Crippen molar-refractivity contribution in [3.8, 4) is 0 Å². The molecule has 112 valence electrons. The standard InChI is InChI=1S/C13H21BrF2O2S/c1-18-11(17)12(14,13(15,16)19-2)9-8-10-6-4-3-5-7-10/h10H,3-9H2,1-2H3. The van der Waals surface area contributed by atoms with E-state index in [1.807, 2.05) is 0 Å².